The lowest BCUT2D eigenvalue weighted by molar-refractivity contribution is -0.142. The molecule has 1 aliphatic rings. The Labute approximate surface area is 128 Å². The lowest BCUT2D eigenvalue weighted by Crippen LogP contribution is -2.39. The Hall–Kier alpha value is -1.75. The molecule has 1 aromatic rings. The minimum Gasteiger partial charge on any atom is -0.481 e. The molecule has 1 saturated heterocycles. The summed E-state index contributed by atoms with van der Waals surface area (Å²) in [5, 5.41) is 9.42. The Kier molecular flexibility index (Phi) is 4.73. The topological polar surface area (TPSA) is 66.8 Å². The highest BCUT2D eigenvalue weighted by molar-refractivity contribution is 6.32. The third kappa shape index (κ3) is 3.67. The summed E-state index contributed by atoms with van der Waals surface area (Å²) in [7, 11) is 0. The molecule has 1 amide bonds. The van der Waals surface area contributed by atoms with Crippen molar-refractivity contribution >= 4 is 23.5 Å². The average Bonchev–Trinajstić information content (AvgIpc) is 2.91. The number of amides is 1. The van der Waals surface area contributed by atoms with Crippen molar-refractivity contribution in [2.45, 2.75) is 26.4 Å². The number of nitrogens with zero attached hydrogens (tertiary/aromatic N) is 1. The number of likely N-dealkylation sites (tertiary alicyclic amines) is 1. The second-order valence-corrected chi connectivity index (χ2v) is 5.71. The molecule has 1 heterocycles. The number of ether oxygens (including phenoxy) is 1. The third-order valence-electron chi connectivity index (χ3n) is 3.59. The smallest absolute Gasteiger partial charge is 0.308 e. The van der Waals surface area contributed by atoms with Gasteiger partial charge in [-0.05, 0) is 38.0 Å². The molecule has 0 bridgehead atoms. The van der Waals surface area contributed by atoms with E-state index in [1.165, 1.54) is 4.90 Å². The van der Waals surface area contributed by atoms with Gasteiger partial charge in [-0.2, -0.15) is 0 Å². The van der Waals surface area contributed by atoms with Gasteiger partial charge in [0.25, 0.3) is 5.91 Å². The first-order valence-electron chi connectivity index (χ1n) is 6.83. The molecule has 5 nitrogen and oxygen atoms in total. The van der Waals surface area contributed by atoms with Crippen LogP contribution in [0.5, 0.6) is 5.75 Å². The highest BCUT2D eigenvalue weighted by Gasteiger charge is 2.33. The zero-order valence-electron chi connectivity index (χ0n) is 12.0. The Bertz CT molecular complexity index is 561. The Morgan fingerprint density at radius 1 is 1.48 bits per heavy atom. The van der Waals surface area contributed by atoms with E-state index >= 15 is 0 Å². The van der Waals surface area contributed by atoms with Crippen LogP contribution in [-0.4, -0.2) is 41.1 Å². The average molecular weight is 312 g/mol. The minimum atomic E-state index is -0.861. The number of carbonyl (C=O) groups excluding carboxylic acids is 1. The maximum absolute atomic E-state index is 12.3. The second kappa shape index (κ2) is 6.35. The van der Waals surface area contributed by atoms with E-state index < -0.39 is 18.0 Å². The van der Waals surface area contributed by atoms with Gasteiger partial charge in [-0.3, -0.25) is 9.59 Å². The normalized spacial score (nSPS) is 19.4. The van der Waals surface area contributed by atoms with E-state index in [9.17, 15) is 9.59 Å². The number of hydrogen-bond donors (Lipinski definition) is 1. The molecule has 0 aliphatic carbocycles. The van der Waals surface area contributed by atoms with E-state index in [1.54, 1.807) is 19.1 Å². The number of benzene rings is 1. The number of halogens is 1. The first-order chi connectivity index (χ1) is 9.88. The van der Waals surface area contributed by atoms with Crippen LogP contribution in [0.2, 0.25) is 5.02 Å². The van der Waals surface area contributed by atoms with Crippen molar-refractivity contribution in [3.63, 3.8) is 0 Å². The molecule has 1 aliphatic heterocycles. The molecule has 0 aromatic heterocycles. The van der Waals surface area contributed by atoms with Crippen molar-refractivity contribution in [2.24, 2.45) is 5.92 Å². The van der Waals surface area contributed by atoms with Gasteiger partial charge in [-0.1, -0.05) is 17.7 Å². The fraction of sp³-hybridized carbons (Fsp3) is 0.467. The van der Waals surface area contributed by atoms with Crippen LogP contribution in [0.15, 0.2) is 18.2 Å². The van der Waals surface area contributed by atoms with Crippen molar-refractivity contribution in [3.05, 3.63) is 28.8 Å². The highest BCUT2D eigenvalue weighted by Crippen LogP contribution is 2.27. The number of aryl methyl sites for hydroxylation is 1. The molecule has 1 N–H and O–H groups in total. The molecule has 0 spiro atoms. The van der Waals surface area contributed by atoms with E-state index in [1.807, 2.05) is 13.0 Å². The van der Waals surface area contributed by atoms with Crippen LogP contribution >= 0.6 is 11.6 Å². The van der Waals surface area contributed by atoms with Gasteiger partial charge in [0.1, 0.15) is 5.75 Å². The van der Waals surface area contributed by atoms with Crippen molar-refractivity contribution in [3.8, 4) is 5.75 Å². The SMILES string of the molecule is Cc1ccc(Cl)c(OC(C)C(=O)N2CCC(C(=O)O)C2)c1. The van der Waals surface area contributed by atoms with Gasteiger partial charge in [0, 0.05) is 13.1 Å². The van der Waals surface area contributed by atoms with E-state index in [2.05, 4.69) is 0 Å². The molecule has 1 aromatic carbocycles. The molecule has 0 radical (unpaired) electrons. The monoisotopic (exact) mass is 311 g/mol. The number of aliphatic carboxylic acids is 1. The van der Waals surface area contributed by atoms with Crippen LogP contribution < -0.4 is 4.74 Å². The summed E-state index contributed by atoms with van der Waals surface area (Å²) >= 11 is 6.04. The molecule has 21 heavy (non-hydrogen) atoms. The van der Waals surface area contributed by atoms with Crippen LogP contribution in [-0.2, 0) is 9.59 Å². The van der Waals surface area contributed by atoms with Crippen molar-refractivity contribution in [1.29, 1.82) is 0 Å². The Morgan fingerprint density at radius 3 is 2.81 bits per heavy atom. The fourth-order valence-corrected chi connectivity index (χ4v) is 2.52. The van der Waals surface area contributed by atoms with Crippen molar-refractivity contribution in [2.75, 3.05) is 13.1 Å². The van der Waals surface area contributed by atoms with E-state index in [0.717, 1.165) is 5.56 Å². The summed E-state index contributed by atoms with van der Waals surface area (Å²) in [5.74, 6) is -1.09. The van der Waals surface area contributed by atoms with E-state index in [4.69, 9.17) is 21.4 Å². The van der Waals surface area contributed by atoms with Gasteiger partial charge in [-0.15, -0.1) is 0 Å². The van der Waals surface area contributed by atoms with Crippen LogP contribution in [0.1, 0.15) is 18.9 Å². The Balaban J connectivity index is 2.00. The molecule has 6 heteroatoms. The first-order valence-corrected chi connectivity index (χ1v) is 7.20. The maximum atomic E-state index is 12.3. The van der Waals surface area contributed by atoms with Crippen LogP contribution in [0.4, 0.5) is 0 Å². The molecule has 114 valence electrons. The third-order valence-corrected chi connectivity index (χ3v) is 3.90. The quantitative estimate of drug-likeness (QED) is 0.927. The van der Waals surface area contributed by atoms with Gasteiger partial charge in [0.2, 0.25) is 0 Å². The van der Waals surface area contributed by atoms with Crippen LogP contribution in [0.25, 0.3) is 0 Å². The predicted molar refractivity (Wildman–Crippen MR) is 78.6 cm³/mol. The minimum absolute atomic E-state index is 0.212. The number of rotatable bonds is 4. The van der Waals surface area contributed by atoms with Gasteiger partial charge >= 0.3 is 5.97 Å². The zero-order chi connectivity index (χ0) is 15.6. The summed E-state index contributed by atoms with van der Waals surface area (Å²) in [6.45, 7) is 4.25. The molecular weight excluding hydrogens is 294 g/mol. The fourth-order valence-electron chi connectivity index (χ4n) is 2.36. The summed E-state index contributed by atoms with van der Waals surface area (Å²) in [5.41, 5.74) is 0.987. The summed E-state index contributed by atoms with van der Waals surface area (Å²) in [6, 6.07) is 5.36. The lowest BCUT2D eigenvalue weighted by Gasteiger charge is -2.22. The zero-order valence-corrected chi connectivity index (χ0v) is 12.8. The van der Waals surface area contributed by atoms with E-state index in [-0.39, 0.29) is 12.5 Å². The van der Waals surface area contributed by atoms with Gasteiger partial charge in [0.15, 0.2) is 6.10 Å². The summed E-state index contributed by atoms with van der Waals surface area (Å²) in [4.78, 5) is 24.7. The maximum Gasteiger partial charge on any atom is 0.308 e. The summed E-state index contributed by atoms with van der Waals surface area (Å²) < 4.78 is 5.63. The highest BCUT2D eigenvalue weighted by atomic mass is 35.5. The predicted octanol–water partition coefficient (Wildman–Crippen LogP) is 2.35. The second-order valence-electron chi connectivity index (χ2n) is 5.30. The largest absolute Gasteiger partial charge is 0.481 e. The van der Waals surface area contributed by atoms with Crippen LogP contribution in [0.3, 0.4) is 0 Å². The van der Waals surface area contributed by atoms with Gasteiger partial charge in [-0.25, -0.2) is 0 Å². The first kappa shape index (κ1) is 15.6. The molecule has 1 fully saturated rings. The summed E-state index contributed by atoms with van der Waals surface area (Å²) in [6.07, 6.45) is -0.212. The van der Waals surface area contributed by atoms with E-state index in [0.29, 0.717) is 23.7 Å². The molecular formula is C15H18ClNO4. The van der Waals surface area contributed by atoms with Gasteiger partial charge < -0.3 is 14.7 Å². The molecule has 2 atom stereocenters. The van der Waals surface area contributed by atoms with Crippen LogP contribution in [0, 0.1) is 12.8 Å². The lowest BCUT2D eigenvalue weighted by atomic mass is 10.1. The van der Waals surface area contributed by atoms with Crippen molar-refractivity contribution in [1.82, 2.24) is 4.90 Å². The molecule has 2 unspecified atom stereocenters. The van der Waals surface area contributed by atoms with Crippen molar-refractivity contribution < 1.29 is 19.4 Å². The van der Waals surface area contributed by atoms with Gasteiger partial charge in [0.05, 0.1) is 10.9 Å². The molecule has 2 rings (SSSR count). The number of carboxylic acids is 1. The standard InChI is InChI=1S/C15H18ClNO4/c1-9-3-4-12(16)13(7-9)21-10(2)14(18)17-6-5-11(8-17)15(19)20/h3-4,7,10-11H,5-6,8H2,1-2H3,(H,19,20). The number of hydrogen-bond acceptors (Lipinski definition) is 3. The molecule has 0 saturated carbocycles. The number of carbonyl (C=O) groups is 2. The Morgan fingerprint density at radius 2 is 2.19 bits per heavy atom. The number of carboxylic acid groups (broad SMARTS) is 1.